The van der Waals surface area contributed by atoms with Gasteiger partial charge in [-0.15, -0.1) is 24.0 Å². The first kappa shape index (κ1) is 23.8. The van der Waals surface area contributed by atoms with Crippen LogP contribution in [0, 0.1) is 0 Å². The van der Waals surface area contributed by atoms with E-state index in [2.05, 4.69) is 10.3 Å². The Balaban J connectivity index is 0.00000320. The second kappa shape index (κ2) is 12.3. The number of likely N-dealkylation sites (tertiary alicyclic amines) is 1. The summed E-state index contributed by atoms with van der Waals surface area (Å²) in [6.45, 7) is 4.02. The number of piperidine rings is 1. The third-order valence-corrected chi connectivity index (χ3v) is 4.71. The lowest BCUT2D eigenvalue weighted by atomic mass is 10.1. The summed E-state index contributed by atoms with van der Waals surface area (Å²) >= 11 is 0. The van der Waals surface area contributed by atoms with E-state index in [1.807, 2.05) is 61.5 Å². The van der Waals surface area contributed by atoms with Crippen LogP contribution in [0.15, 0.2) is 59.6 Å². The number of halogens is 1. The zero-order valence-corrected chi connectivity index (χ0v) is 19.5. The van der Waals surface area contributed by atoms with Gasteiger partial charge in [0.05, 0.1) is 13.2 Å². The molecule has 1 amide bonds. The molecule has 8 heteroatoms. The van der Waals surface area contributed by atoms with E-state index in [0.717, 1.165) is 29.9 Å². The normalized spacial score (nSPS) is 14.6. The van der Waals surface area contributed by atoms with E-state index in [0.29, 0.717) is 32.2 Å². The van der Waals surface area contributed by atoms with Crippen LogP contribution in [0.3, 0.4) is 0 Å². The first-order valence-corrected chi connectivity index (χ1v) is 9.94. The van der Waals surface area contributed by atoms with Crippen molar-refractivity contribution in [2.75, 3.05) is 19.7 Å². The van der Waals surface area contributed by atoms with Crippen molar-refractivity contribution in [3.63, 3.8) is 0 Å². The number of aliphatic imine (C=N–C) groups is 1. The Kier molecular flexibility index (Phi) is 9.72. The number of amides is 1. The van der Waals surface area contributed by atoms with E-state index in [9.17, 15) is 4.79 Å². The van der Waals surface area contributed by atoms with Crippen LogP contribution >= 0.6 is 24.0 Å². The zero-order chi connectivity index (χ0) is 20.5. The molecule has 2 aromatic carbocycles. The number of para-hydroxylation sites is 1. The summed E-state index contributed by atoms with van der Waals surface area (Å²) < 4.78 is 10.8. The standard InChI is InChI=1S/C22H28N4O3.HI/c1-2-28-22(27)26-14-12-18(13-15-26)25-21(23)24-16-17-8-10-20(11-9-17)29-19-6-4-3-5-7-19;/h3-11,18H,2,12-16H2,1H3,(H3,23,24,25);1H. The first-order chi connectivity index (χ1) is 14.1. The van der Waals surface area contributed by atoms with Gasteiger partial charge in [-0.25, -0.2) is 9.79 Å². The fourth-order valence-electron chi connectivity index (χ4n) is 3.14. The van der Waals surface area contributed by atoms with Crippen molar-refractivity contribution in [3.05, 3.63) is 60.2 Å². The number of hydrogen-bond donors (Lipinski definition) is 2. The van der Waals surface area contributed by atoms with Crippen molar-refractivity contribution in [1.82, 2.24) is 10.2 Å². The lowest BCUT2D eigenvalue weighted by Gasteiger charge is -2.31. The highest BCUT2D eigenvalue weighted by Gasteiger charge is 2.23. The van der Waals surface area contributed by atoms with Crippen molar-refractivity contribution >= 4 is 36.0 Å². The fraction of sp³-hybridized carbons (Fsp3) is 0.364. The molecule has 0 aromatic heterocycles. The Morgan fingerprint density at radius 1 is 1.10 bits per heavy atom. The summed E-state index contributed by atoms with van der Waals surface area (Å²) in [6, 6.07) is 17.7. The summed E-state index contributed by atoms with van der Waals surface area (Å²) in [5.41, 5.74) is 7.08. The number of carbonyl (C=O) groups is 1. The molecule has 0 unspecified atom stereocenters. The number of ether oxygens (including phenoxy) is 2. The molecule has 0 atom stereocenters. The van der Waals surface area contributed by atoms with E-state index >= 15 is 0 Å². The molecule has 3 N–H and O–H groups in total. The van der Waals surface area contributed by atoms with E-state index in [-0.39, 0.29) is 36.1 Å². The van der Waals surface area contributed by atoms with Crippen LogP contribution in [0.2, 0.25) is 0 Å². The molecule has 1 aliphatic rings. The number of rotatable bonds is 6. The van der Waals surface area contributed by atoms with Gasteiger partial charge in [-0.2, -0.15) is 0 Å². The molecule has 0 spiro atoms. The second-order valence-corrected chi connectivity index (χ2v) is 6.87. The molecule has 0 aliphatic carbocycles. The van der Waals surface area contributed by atoms with Crippen LogP contribution in [-0.4, -0.2) is 42.7 Å². The highest BCUT2D eigenvalue weighted by Crippen LogP contribution is 2.21. The number of guanidine groups is 1. The first-order valence-electron chi connectivity index (χ1n) is 9.94. The van der Waals surface area contributed by atoms with Gasteiger partial charge in [0.15, 0.2) is 5.96 Å². The maximum Gasteiger partial charge on any atom is 0.409 e. The van der Waals surface area contributed by atoms with Gasteiger partial charge in [0.25, 0.3) is 0 Å². The number of nitrogens with two attached hydrogens (primary N) is 1. The predicted octanol–water partition coefficient (Wildman–Crippen LogP) is 4.12. The van der Waals surface area contributed by atoms with Crippen LogP contribution < -0.4 is 15.8 Å². The van der Waals surface area contributed by atoms with E-state index in [4.69, 9.17) is 15.2 Å². The smallest absolute Gasteiger partial charge is 0.409 e. The van der Waals surface area contributed by atoms with Gasteiger partial charge in [0, 0.05) is 19.1 Å². The lowest BCUT2D eigenvalue weighted by molar-refractivity contribution is 0.0963. The van der Waals surface area contributed by atoms with Crippen molar-refractivity contribution in [3.8, 4) is 11.5 Å². The maximum absolute atomic E-state index is 11.7. The number of carbonyl (C=O) groups excluding carboxylic acids is 1. The Hall–Kier alpha value is -2.49. The Labute approximate surface area is 194 Å². The molecular formula is C22H29IN4O3. The molecule has 0 radical (unpaired) electrons. The molecule has 1 saturated heterocycles. The van der Waals surface area contributed by atoms with Crippen molar-refractivity contribution in [2.24, 2.45) is 10.7 Å². The van der Waals surface area contributed by atoms with Crippen LogP contribution in [0.4, 0.5) is 4.79 Å². The van der Waals surface area contributed by atoms with Crippen LogP contribution in [-0.2, 0) is 11.3 Å². The summed E-state index contributed by atoms with van der Waals surface area (Å²) in [6.07, 6.45) is 1.40. The summed E-state index contributed by atoms with van der Waals surface area (Å²) in [5, 5.41) is 3.25. The number of nitrogens with zero attached hydrogens (tertiary/aromatic N) is 2. The molecule has 30 heavy (non-hydrogen) atoms. The van der Waals surface area contributed by atoms with Gasteiger partial charge < -0.3 is 25.4 Å². The van der Waals surface area contributed by atoms with Crippen molar-refractivity contribution < 1.29 is 14.3 Å². The lowest BCUT2D eigenvalue weighted by Crippen LogP contribution is -2.48. The Morgan fingerprint density at radius 3 is 2.37 bits per heavy atom. The Bertz CT molecular complexity index is 807. The summed E-state index contributed by atoms with van der Waals surface area (Å²) in [5.74, 6) is 2.01. The molecule has 162 valence electrons. The zero-order valence-electron chi connectivity index (χ0n) is 17.1. The minimum atomic E-state index is -0.243. The minimum Gasteiger partial charge on any atom is -0.457 e. The van der Waals surface area contributed by atoms with Gasteiger partial charge in [-0.3, -0.25) is 0 Å². The van der Waals surface area contributed by atoms with Crippen molar-refractivity contribution in [1.29, 1.82) is 0 Å². The molecule has 1 fully saturated rings. The Morgan fingerprint density at radius 2 is 1.73 bits per heavy atom. The number of benzene rings is 2. The van der Waals surface area contributed by atoms with Gasteiger partial charge in [0.1, 0.15) is 11.5 Å². The highest BCUT2D eigenvalue weighted by atomic mass is 127. The molecule has 1 heterocycles. The summed E-state index contributed by atoms with van der Waals surface area (Å²) in [7, 11) is 0. The van der Waals surface area contributed by atoms with E-state index < -0.39 is 0 Å². The number of hydrogen-bond acceptors (Lipinski definition) is 4. The molecule has 0 bridgehead atoms. The van der Waals surface area contributed by atoms with Gasteiger partial charge in [-0.05, 0) is 49.6 Å². The van der Waals surface area contributed by atoms with Crippen LogP contribution in [0.1, 0.15) is 25.3 Å². The van der Waals surface area contributed by atoms with E-state index in [1.165, 1.54) is 0 Å². The van der Waals surface area contributed by atoms with Gasteiger partial charge in [0.2, 0.25) is 0 Å². The fourth-order valence-corrected chi connectivity index (χ4v) is 3.14. The average Bonchev–Trinajstić information content (AvgIpc) is 2.75. The highest BCUT2D eigenvalue weighted by molar-refractivity contribution is 14.0. The van der Waals surface area contributed by atoms with Gasteiger partial charge >= 0.3 is 6.09 Å². The van der Waals surface area contributed by atoms with Crippen LogP contribution in [0.25, 0.3) is 0 Å². The molecule has 0 saturated carbocycles. The molecule has 3 rings (SSSR count). The molecule has 2 aromatic rings. The topological polar surface area (TPSA) is 89.2 Å². The third-order valence-electron chi connectivity index (χ3n) is 4.71. The number of nitrogens with one attached hydrogen (secondary N) is 1. The minimum absolute atomic E-state index is 0. The monoisotopic (exact) mass is 524 g/mol. The molecule has 7 nitrogen and oxygen atoms in total. The quantitative estimate of drug-likeness (QED) is 0.337. The predicted molar refractivity (Wildman–Crippen MR) is 128 cm³/mol. The summed E-state index contributed by atoms with van der Waals surface area (Å²) in [4.78, 5) is 17.9. The molecule has 1 aliphatic heterocycles. The van der Waals surface area contributed by atoms with E-state index in [1.54, 1.807) is 4.90 Å². The average molecular weight is 524 g/mol. The largest absolute Gasteiger partial charge is 0.457 e. The van der Waals surface area contributed by atoms with Gasteiger partial charge in [-0.1, -0.05) is 30.3 Å². The SMILES string of the molecule is CCOC(=O)N1CCC(NC(N)=NCc2ccc(Oc3ccccc3)cc2)CC1.I. The van der Waals surface area contributed by atoms with Crippen LogP contribution in [0.5, 0.6) is 11.5 Å². The van der Waals surface area contributed by atoms with Crippen molar-refractivity contribution in [2.45, 2.75) is 32.4 Å². The molecular weight excluding hydrogens is 495 g/mol. The maximum atomic E-state index is 11.7. The third kappa shape index (κ3) is 7.40. The second-order valence-electron chi connectivity index (χ2n) is 6.87.